The quantitative estimate of drug-likeness (QED) is 0.254. The van der Waals surface area contributed by atoms with Crippen LogP contribution in [-0.4, -0.2) is 36.2 Å². The Kier molecular flexibility index (Phi) is 8.31. The molecule has 0 amide bonds. The number of aryl methyl sites for hydroxylation is 1. The van der Waals surface area contributed by atoms with Crippen molar-refractivity contribution < 1.29 is 23.0 Å². The molecule has 0 fully saturated rings. The number of guanidine groups is 1. The Bertz CT molecular complexity index is 1120. The number of nitrogens with zero attached hydrogens (tertiary/aromatic N) is 3. The van der Waals surface area contributed by atoms with Crippen LogP contribution in [0.2, 0.25) is 0 Å². The van der Waals surface area contributed by atoms with E-state index in [1.807, 2.05) is 48.1 Å². The summed E-state index contributed by atoms with van der Waals surface area (Å²) in [5.74, 6) is 1.37. The second-order valence-electron chi connectivity index (χ2n) is 7.00. The number of hydrogen-bond acceptors (Lipinski definition) is 5. The second kappa shape index (κ2) is 11.2. The monoisotopic (exact) mass is 571 g/mol. The Morgan fingerprint density at radius 1 is 1.12 bits per heavy atom. The van der Waals surface area contributed by atoms with Crippen LogP contribution >= 0.6 is 24.0 Å². The molecule has 2 heterocycles. The van der Waals surface area contributed by atoms with Crippen molar-refractivity contribution in [3.05, 3.63) is 65.5 Å². The van der Waals surface area contributed by atoms with Crippen molar-refractivity contribution in [2.24, 2.45) is 4.99 Å². The predicted octanol–water partition coefficient (Wildman–Crippen LogP) is 3.99. The Labute approximate surface area is 207 Å². The molecule has 0 spiro atoms. The molecule has 2 aromatic carbocycles. The van der Waals surface area contributed by atoms with Crippen LogP contribution in [0.4, 0.5) is 8.78 Å². The van der Waals surface area contributed by atoms with Gasteiger partial charge in [0.25, 0.3) is 0 Å². The minimum absolute atomic E-state index is 0. The summed E-state index contributed by atoms with van der Waals surface area (Å²) in [5, 5.41) is 10.8. The van der Waals surface area contributed by atoms with E-state index in [1.54, 1.807) is 13.1 Å². The lowest BCUT2D eigenvalue weighted by Gasteiger charge is -2.16. The molecular weight excluding hydrogens is 547 g/mol. The molecule has 0 aliphatic carbocycles. The molecular formula is C22H24F2IN5O3. The van der Waals surface area contributed by atoms with Gasteiger partial charge in [-0.3, -0.25) is 4.99 Å². The first kappa shape index (κ1) is 24.6. The standard InChI is InChI=1S/C22H23F2N5O3.HI/c1-14-7-8-29(28-14)17-6-4-3-5-15(17)11-26-22(25-2)27-12-16-9-19-20(31-13-30-19)10-18(16)32-21(23)24;/h3-10,21H,11-13H2,1-2H3,(H2,25,26,27);1H. The Hall–Kier alpha value is -3.09. The van der Waals surface area contributed by atoms with Gasteiger partial charge in [-0.2, -0.15) is 13.9 Å². The summed E-state index contributed by atoms with van der Waals surface area (Å²) in [6.07, 6.45) is 1.91. The van der Waals surface area contributed by atoms with Crippen LogP contribution in [0.15, 0.2) is 53.7 Å². The van der Waals surface area contributed by atoms with Crippen LogP contribution in [0.3, 0.4) is 0 Å². The van der Waals surface area contributed by atoms with Crippen molar-refractivity contribution in [3.8, 4) is 22.9 Å². The molecule has 4 rings (SSSR count). The zero-order valence-electron chi connectivity index (χ0n) is 18.0. The van der Waals surface area contributed by atoms with Crippen LogP contribution in [0.1, 0.15) is 16.8 Å². The average Bonchev–Trinajstić information content (AvgIpc) is 3.42. The van der Waals surface area contributed by atoms with E-state index < -0.39 is 6.61 Å². The van der Waals surface area contributed by atoms with Crippen molar-refractivity contribution in [1.29, 1.82) is 0 Å². The maximum absolute atomic E-state index is 12.8. The summed E-state index contributed by atoms with van der Waals surface area (Å²) < 4.78 is 42.8. The first-order valence-corrected chi connectivity index (χ1v) is 9.96. The Balaban J connectivity index is 0.00000306. The molecule has 11 heteroatoms. The van der Waals surface area contributed by atoms with Gasteiger partial charge in [-0.25, -0.2) is 4.68 Å². The van der Waals surface area contributed by atoms with Gasteiger partial charge in [0.15, 0.2) is 17.5 Å². The van der Waals surface area contributed by atoms with Gasteiger partial charge >= 0.3 is 6.61 Å². The minimum Gasteiger partial charge on any atom is -0.454 e. The number of halogens is 3. The molecule has 33 heavy (non-hydrogen) atoms. The third-order valence-electron chi connectivity index (χ3n) is 4.85. The van der Waals surface area contributed by atoms with E-state index in [4.69, 9.17) is 9.47 Å². The highest BCUT2D eigenvalue weighted by molar-refractivity contribution is 14.0. The van der Waals surface area contributed by atoms with Crippen LogP contribution in [0.25, 0.3) is 5.69 Å². The number of rotatable bonds is 7. The molecule has 2 N–H and O–H groups in total. The highest BCUT2D eigenvalue weighted by Crippen LogP contribution is 2.38. The van der Waals surface area contributed by atoms with E-state index in [-0.39, 0.29) is 43.1 Å². The lowest BCUT2D eigenvalue weighted by Crippen LogP contribution is -2.36. The average molecular weight is 571 g/mol. The summed E-state index contributed by atoms with van der Waals surface area (Å²) in [6.45, 7) is -0.299. The number of aromatic nitrogens is 2. The van der Waals surface area contributed by atoms with Gasteiger partial charge in [0, 0.05) is 38.0 Å². The van der Waals surface area contributed by atoms with Crippen molar-refractivity contribution in [2.75, 3.05) is 13.8 Å². The molecule has 0 unspecified atom stereocenters. The fourth-order valence-corrected chi connectivity index (χ4v) is 3.32. The van der Waals surface area contributed by atoms with E-state index in [0.717, 1.165) is 16.9 Å². The Morgan fingerprint density at radius 2 is 1.82 bits per heavy atom. The SMILES string of the molecule is CN=C(NCc1cc2c(cc1OC(F)F)OCO2)NCc1ccccc1-n1ccc(C)n1.I. The molecule has 1 aliphatic heterocycles. The lowest BCUT2D eigenvalue weighted by atomic mass is 10.1. The van der Waals surface area contributed by atoms with Gasteiger partial charge in [0.05, 0.1) is 11.4 Å². The fourth-order valence-electron chi connectivity index (χ4n) is 3.32. The van der Waals surface area contributed by atoms with E-state index in [2.05, 4.69) is 25.5 Å². The van der Waals surface area contributed by atoms with E-state index in [0.29, 0.717) is 29.6 Å². The third-order valence-corrected chi connectivity index (χ3v) is 4.85. The molecule has 0 bridgehead atoms. The smallest absolute Gasteiger partial charge is 0.387 e. The maximum atomic E-state index is 12.8. The van der Waals surface area contributed by atoms with Gasteiger partial charge in [-0.1, -0.05) is 18.2 Å². The molecule has 0 atom stereocenters. The van der Waals surface area contributed by atoms with Crippen molar-refractivity contribution in [3.63, 3.8) is 0 Å². The largest absolute Gasteiger partial charge is 0.454 e. The van der Waals surface area contributed by atoms with Gasteiger partial charge in [-0.15, -0.1) is 24.0 Å². The van der Waals surface area contributed by atoms with E-state index in [9.17, 15) is 8.78 Å². The number of fused-ring (bicyclic) bond motifs is 1. The van der Waals surface area contributed by atoms with Crippen LogP contribution in [0.5, 0.6) is 17.2 Å². The Morgan fingerprint density at radius 3 is 2.48 bits per heavy atom. The fraction of sp³-hybridized carbons (Fsp3) is 0.273. The van der Waals surface area contributed by atoms with Crippen LogP contribution in [-0.2, 0) is 13.1 Å². The summed E-state index contributed by atoms with van der Waals surface area (Å²) >= 11 is 0. The first-order valence-electron chi connectivity index (χ1n) is 9.96. The summed E-state index contributed by atoms with van der Waals surface area (Å²) in [5.41, 5.74) is 3.39. The topological polar surface area (TPSA) is 81.9 Å². The number of aliphatic imine (C=N–C) groups is 1. The van der Waals surface area contributed by atoms with Gasteiger partial charge in [0.1, 0.15) is 5.75 Å². The molecule has 8 nitrogen and oxygen atoms in total. The van der Waals surface area contributed by atoms with Crippen LogP contribution in [0, 0.1) is 6.92 Å². The number of para-hydroxylation sites is 1. The maximum Gasteiger partial charge on any atom is 0.387 e. The predicted molar refractivity (Wildman–Crippen MR) is 130 cm³/mol. The number of benzene rings is 2. The molecule has 3 aromatic rings. The van der Waals surface area contributed by atoms with Gasteiger partial charge in [-0.05, 0) is 30.7 Å². The van der Waals surface area contributed by atoms with E-state index in [1.165, 1.54) is 6.07 Å². The molecule has 1 aromatic heterocycles. The van der Waals surface area contributed by atoms with Gasteiger partial charge < -0.3 is 24.8 Å². The highest BCUT2D eigenvalue weighted by Gasteiger charge is 2.20. The van der Waals surface area contributed by atoms with Gasteiger partial charge in [0.2, 0.25) is 6.79 Å². The van der Waals surface area contributed by atoms with Crippen LogP contribution < -0.4 is 24.8 Å². The normalized spacial score (nSPS) is 12.5. The minimum atomic E-state index is -2.95. The summed E-state index contributed by atoms with van der Waals surface area (Å²) in [6, 6.07) is 12.9. The molecule has 1 aliphatic rings. The zero-order chi connectivity index (χ0) is 22.5. The molecule has 0 saturated heterocycles. The second-order valence-corrected chi connectivity index (χ2v) is 7.00. The first-order chi connectivity index (χ1) is 15.5. The summed E-state index contributed by atoms with van der Waals surface area (Å²) in [7, 11) is 1.63. The van der Waals surface area contributed by atoms with Crippen molar-refractivity contribution in [1.82, 2.24) is 20.4 Å². The molecule has 0 saturated carbocycles. The molecule has 176 valence electrons. The van der Waals surface area contributed by atoms with Crippen molar-refractivity contribution >= 4 is 29.9 Å². The highest BCUT2D eigenvalue weighted by atomic mass is 127. The number of hydrogen-bond donors (Lipinski definition) is 2. The van der Waals surface area contributed by atoms with E-state index >= 15 is 0 Å². The number of ether oxygens (including phenoxy) is 3. The molecule has 0 radical (unpaired) electrons. The lowest BCUT2D eigenvalue weighted by molar-refractivity contribution is -0.0505. The number of alkyl halides is 2. The zero-order valence-corrected chi connectivity index (χ0v) is 20.4. The third kappa shape index (κ3) is 6.03. The summed E-state index contributed by atoms with van der Waals surface area (Å²) in [4.78, 5) is 4.21. The van der Waals surface area contributed by atoms with Crippen molar-refractivity contribution in [2.45, 2.75) is 26.6 Å². The number of nitrogens with one attached hydrogen (secondary N) is 2.